The highest BCUT2D eigenvalue weighted by Gasteiger charge is 2.28. The molecule has 0 saturated carbocycles. The number of likely N-dealkylation sites (tertiary alicyclic amines) is 1. The van der Waals surface area contributed by atoms with Crippen molar-refractivity contribution < 1.29 is 14.6 Å². The van der Waals surface area contributed by atoms with Crippen molar-refractivity contribution in [2.75, 3.05) is 33.4 Å². The Morgan fingerprint density at radius 1 is 1.69 bits per heavy atom. The summed E-state index contributed by atoms with van der Waals surface area (Å²) in [5.41, 5.74) is 0. The number of carbonyl (C=O) groups excluding carboxylic acids is 1. The van der Waals surface area contributed by atoms with Crippen LogP contribution in [0.2, 0.25) is 0 Å². The largest absolute Gasteiger partial charge is 0.396 e. The average molecular weight is 187 g/mol. The summed E-state index contributed by atoms with van der Waals surface area (Å²) in [4.78, 5) is 13.1. The quantitative estimate of drug-likeness (QED) is 0.610. The number of amides is 1. The van der Waals surface area contributed by atoms with Crippen LogP contribution in [-0.2, 0) is 9.53 Å². The first-order valence-electron chi connectivity index (χ1n) is 4.65. The number of nitrogens with zero attached hydrogens (tertiary/aromatic N) is 1. The van der Waals surface area contributed by atoms with Crippen molar-refractivity contribution >= 4 is 5.91 Å². The molecule has 0 aromatic rings. The normalized spacial score (nSPS) is 22.8. The van der Waals surface area contributed by atoms with Crippen LogP contribution in [0, 0.1) is 5.92 Å². The van der Waals surface area contributed by atoms with Gasteiger partial charge >= 0.3 is 0 Å². The van der Waals surface area contributed by atoms with Crippen molar-refractivity contribution in [1.29, 1.82) is 0 Å². The summed E-state index contributed by atoms with van der Waals surface area (Å²) in [7, 11) is 1.66. The van der Waals surface area contributed by atoms with Crippen molar-refractivity contribution in [3.05, 3.63) is 0 Å². The third-order valence-electron chi connectivity index (χ3n) is 2.33. The molecule has 0 radical (unpaired) electrons. The molecule has 0 aromatic carbocycles. The van der Waals surface area contributed by atoms with Gasteiger partial charge in [-0.2, -0.15) is 0 Å². The zero-order valence-electron chi connectivity index (χ0n) is 8.03. The molecule has 1 fully saturated rings. The van der Waals surface area contributed by atoms with Gasteiger partial charge in [-0.25, -0.2) is 0 Å². The second-order valence-electron chi connectivity index (χ2n) is 3.44. The molecule has 1 N–H and O–H groups in total. The molecular formula is C9H17NO3. The van der Waals surface area contributed by atoms with Gasteiger partial charge in [0.2, 0.25) is 5.91 Å². The number of aliphatic hydroxyl groups is 1. The van der Waals surface area contributed by atoms with Gasteiger partial charge < -0.3 is 14.7 Å². The van der Waals surface area contributed by atoms with Crippen LogP contribution in [0.3, 0.4) is 0 Å². The van der Waals surface area contributed by atoms with E-state index in [1.54, 1.807) is 12.0 Å². The number of aliphatic hydroxyl groups excluding tert-OH is 1. The van der Waals surface area contributed by atoms with Gasteiger partial charge in [-0.05, 0) is 6.42 Å². The first kappa shape index (κ1) is 10.5. The van der Waals surface area contributed by atoms with E-state index in [2.05, 4.69) is 0 Å². The number of methoxy groups -OCH3 is 1. The smallest absolute Gasteiger partial charge is 0.223 e. The van der Waals surface area contributed by atoms with Crippen LogP contribution in [0.15, 0.2) is 0 Å². The lowest BCUT2D eigenvalue weighted by atomic mass is 10.1. The van der Waals surface area contributed by atoms with Crippen LogP contribution in [-0.4, -0.2) is 49.3 Å². The van der Waals surface area contributed by atoms with Gasteiger partial charge in [0.05, 0.1) is 0 Å². The Balaban J connectivity index is 2.23. The maximum Gasteiger partial charge on any atom is 0.223 e. The first-order valence-corrected chi connectivity index (χ1v) is 4.65. The fourth-order valence-corrected chi connectivity index (χ4v) is 1.59. The highest BCUT2D eigenvalue weighted by atomic mass is 16.5. The van der Waals surface area contributed by atoms with Gasteiger partial charge in [-0.1, -0.05) is 0 Å². The van der Waals surface area contributed by atoms with Crippen LogP contribution in [0.25, 0.3) is 0 Å². The SMILES string of the molecule is COCCCN1CC(CO)CC1=O. The molecule has 0 aliphatic carbocycles. The number of hydrogen-bond donors (Lipinski definition) is 1. The lowest BCUT2D eigenvalue weighted by Gasteiger charge is -2.15. The van der Waals surface area contributed by atoms with Crippen LogP contribution in [0.5, 0.6) is 0 Å². The van der Waals surface area contributed by atoms with E-state index in [0.29, 0.717) is 19.6 Å². The second kappa shape index (κ2) is 5.19. The fraction of sp³-hybridized carbons (Fsp3) is 0.889. The van der Waals surface area contributed by atoms with Crippen molar-refractivity contribution in [3.63, 3.8) is 0 Å². The van der Waals surface area contributed by atoms with Gasteiger partial charge in [0, 0.05) is 45.8 Å². The summed E-state index contributed by atoms with van der Waals surface area (Å²) < 4.78 is 4.90. The minimum absolute atomic E-state index is 0.118. The molecule has 1 atom stereocenters. The van der Waals surface area contributed by atoms with Crippen molar-refractivity contribution in [2.24, 2.45) is 5.92 Å². The van der Waals surface area contributed by atoms with Gasteiger partial charge in [0.25, 0.3) is 0 Å². The lowest BCUT2D eigenvalue weighted by Crippen LogP contribution is -2.27. The van der Waals surface area contributed by atoms with E-state index in [9.17, 15) is 4.79 Å². The Kier molecular flexibility index (Phi) is 4.18. The highest BCUT2D eigenvalue weighted by Crippen LogP contribution is 2.16. The Bertz CT molecular complexity index is 172. The summed E-state index contributed by atoms with van der Waals surface area (Å²) >= 11 is 0. The number of rotatable bonds is 5. The molecule has 1 unspecified atom stereocenters. The van der Waals surface area contributed by atoms with E-state index in [1.165, 1.54) is 0 Å². The first-order chi connectivity index (χ1) is 6.27. The average Bonchev–Trinajstić information content (AvgIpc) is 2.48. The Hall–Kier alpha value is -0.610. The minimum atomic E-state index is 0.118. The van der Waals surface area contributed by atoms with Gasteiger partial charge in [0.15, 0.2) is 0 Å². The van der Waals surface area contributed by atoms with Gasteiger partial charge in [-0.3, -0.25) is 4.79 Å². The molecule has 13 heavy (non-hydrogen) atoms. The maximum atomic E-state index is 11.3. The molecule has 1 aliphatic rings. The molecule has 76 valence electrons. The summed E-state index contributed by atoms with van der Waals surface area (Å²) in [6, 6.07) is 0. The Morgan fingerprint density at radius 3 is 3.00 bits per heavy atom. The van der Waals surface area contributed by atoms with E-state index in [1.807, 2.05) is 0 Å². The number of ether oxygens (including phenoxy) is 1. The molecule has 0 spiro atoms. The summed E-state index contributed by atoms with van der Waals surface area (Å²) in [6.07, 6.45) is 1.38. The second-order valence-corrected chi connectivity index (χ2v) is 3.44. The Labute approximate surface area is 78.5 Å². The van der Waals surface area contributed by atoms with E-state index < -0.39 is 0 Å². The van der Waals surface area contributed by atoms with Gasteiger partial charge in [-0.15, -0.1) is 0 Å². The maximum absolute atomic E-state index is 11.3. The molecular weight excluding hydrogens is 170 g/mol. The van der Waals surface area contributed by atoms with Crippen molar-refractivity contribution in [1.82, 2.24) is 4.90 Å². The van der Waals surface area contributed by atoms with Crippen molar-refractivity contribution in [3.8, 4) is 0 Å². The molecule has 4 heteroatoms. The zero-order valence-corrected chi connectivity index (χ0v) is 8.03. The van der Waals surface area contributed by atoms with Crippen LogP contribution in [0.4, 0.5) is 0 Å². The predicted molar refractivity (Wildman–Crippen MR) is 48.3 cm³/mol. The molecule has 0 bridgehead atoms. The van der Waals surface area contributed by atoms with E-state index in [0.717, 1.165) is 13.0 Å². The van der Waals surface area contributed by atoms with Gasteiger partial charge in [0.1, 0.15) is 0 Å². The Morgan fingerprint density at radius 2 is 2.46 bits per heavy atom. The molecule has 0 aromatic heterocycles. The van der Waals surface area contributed by atoms with Crippen LogP contribution < -0.4 is 0 Å². The summed E-state index contributed by atoms with van der Waals surface area (Å²) in [5.74, 6) is 0.310. The van der Waals surface area contributed by atoms with Crippen LogP contribution >= 0.6 is 0 Å². The predicted octanol–water partition coefficient (Wildman–Crippen LogP) is -0.136. The number of hydrogen-bond acceptors (Lipinski definition) is 3. The number of carbonyl (C=O) groups is 1. The van der Waals surface area contributed by atoms with E-state index in [-0.39, 0.29) is 18.4 Å². The monoisotopic (exact) mass is 187 g/mol. The van der Waals surface area contributed by atoms with E-state index >= 15 is 0 Å². The fourth-order valence-electron chi connectivity index (χ4n) is 1.59. The third kappa shape index (κ3) is 2.97. The topological polar surface area (TPSA) is 49.8 Å². The van der Waals surface area contributed by atoms with Crippen molar-refractivity contribution in [2.45, 2.75) is 12.8 Å². The molecule has 4 nitrogen and oxygen atoms in total. The standard InChI is InChI=1S/C9H17NO3/c1-13-4-2-3-10-6-8(7-11)5-9(10)12/h8,11H,2-7H2,1H3. The lowest BCUT2D eigenvalue weighted by molar-refractivity contribution is -0.127. The highest BCUT2D eigenvalue weighted by molar-refractivity contribution is 5.78. The zero-order chi connectivity index (χ0) is 9.68. The summed E-state index contributed by atoms with van der Waals surface area (Å²) in [6.45, 7) is 2.27. The molecule has 1 heterocycles. The van der Waals surface area contributed by atoms with E-state index in [4.69, 9.17) is 9.84 Å². The molecule has 1 aliphatic heterocycles. The van der Waals surface area contributed by atoms with Crippen LogP contribution in [0.1, 0.15) is 12.8 Å². The molecule has 1 saturated heterocycles. The third-order valence-corrected chi connectivity index (χ3v) is 2.33. The minimum Gasteiger partial charge on any atom is -0.396 e. The molecule has 1 rings (SSSR count). The summed E-state index contributed by atoms with van der Waals surface area (Å²) in [5, 5.41) is 8.87. The molecule has 1 amide bonds.